The Labute approximate surface area is 113 Å². The predicted octanol–water partition coefficient (Wildman–Crippen LogP) is 2.32. The van der Waals surface area contributed by atoms with Crippen molar-refractivity contribution in [1.29, 1.82) is 5.41 Å². The van der Waals surface area contributed by atoms with E-state index in [1.165, 1.54) is 18.2 Å². The van der Waals surface area contributed by atoms with Crippen molar-refractivity contribution >= 4 is 33.3 Å². The van der Waals surface area contributed by atoms with Gasteiger partial charge in [-0.2, -0.15) is 0 Å². The fourth-order valence-corrected chi connectivity index (χ4v) is 1.62. The zero-order valence-corrected chi connectivity index (χ0v) is 10.6. The lowest BCUT2D eigenvalue weighted by molar-refractivity contribution is -0.391. The molecule has 1 heterocycles. The van der Waals surface area contributed by atoms with Crippen molar-refractivity contribution in [3.05, 3.63) is 44.3 Å². The molecular formula is C9H5BrFN5O3. The van der Waals surface area contributed by atoms with Crippen LogP contribution in [0.5, 0.6) is 0 Å². The zero-order chi connectivity index (χ0) is 14.0. The smallest absolute Gasteiger partial charge is 0.358 e. The third kappa shape index (κ3) is 2.73. The topological polar surface area (TPSA) is 118 Å². The Balaban J connectivity index is 2.23. The number of halogens is 2. The number of anilines is 1. The fourth-order valence-electron chi connectivity index (χ4n) is 1.24. The van der Waals surface area contributed by atoms with Crippen LogP contribution in [0.1, 0.15) is 5.69 Å². The molecule has 0 fully saturated rings. The molecule has 98 valence electrons. The van der Waals surface area contributed by atoms with Crippen LogP contribution in [0.2, 0.25) is 0 Å². The summed E-state index contributed by atoms with van der Waals surface area (Å²) in [6, 6.07) is 3.92. The molecule has 8 nitrogen and oxygen atoms in total. The van der Waals surface area contributed by atoms with E-state index >= 15 is 0 Å². The van der Waals surface area contributed by atoms with Gasteiger partial charge >= 0.3 is 5.82 Å². The number of rotatable bonds is 3. The number of aromatic nitrogens is 2. The van der Waals surface area contributed by atoms with Gasteiger partial charge in [0.05, 0.1) is 4.47 Å². The van der Waals surface area contributed by atoms with Crippen LogP contribution in [-0.4, -0.2) is 21.1 Å². The molecule has 1 aromatic carbocycles. The van der Waals surface area contributed by atoms with Gasteiger partial charge in [-0.15, -0.1) is 4.63 Å². The highest BCUT2D eigenvalue weighted by Crippen LogP contribution is 2.21. The molecule has 1 aromatic heterocycles. The van der Waals surface area contributed by atoms with E-state index in [0.717, 1.165) is 0 Å². The van der Waals surface area contributed by atoms with E-state index < -0.39 is 16.6 Å². The van der Waals surface area contributed by atoms with Crippen LogP contribution in [0, 0.1) is 21.3 Å². The van der Waals surface area contributed by atoms with Gasteiger partial charge in [0.2, 0.25) is 0 Å². The highest BCUT2D eigenvalue weighted by molar-refractivity contribution is 9.10. The molecule has 0 amide bonds. The maximum atomic E-state index is 13.0. The average molecular weight is 330 g/mol. The molecule has 0 aliphatic heterocycles. The standard InChI is InChI=1S/C9H5BrFN5O3/c10-5-3-4(1-2-6(5)11)13-8(12)7-9(16(17)18)15-19-14-7/h1-3H,(H2,12,13). The molecular weight excluding hydrogens is 325 g/mol. The maximum Gasteiger partial charge on any atom is 0.445 e. The van der Waals surface area contributed by atoms with Crippen molar-refractivity contribution in [3.8, 4) is 0 Å². The summed E-state index contributed by atoms with van der Waals surface area (Å²) >= 11 is 2.98. The minimum absolute atomic E-state index is 0.193. The summed E-state index contributed by atoms with van der Waals surface area (Å²) in [5, 5.41) is 27.1. The predicted molar refractivity (Wildman–Crippen MR) is 65.5 cm³/mol. The van der Waals surface area contributed by atoms with Crippen molar-refractivity contribution in [3.63, 3.8) is 0 Å². The van der Waals surface area contributed by atoms with Gasteiger partial charge in [0.25, 0.3) is 5.69 Å². The van der Waals surface area contributed by atoms with E-state index in [9.17, 15) is 14.5 Å². The van der Waals surface area contributed by atoms with Crippen molar-refractivity contribution in [2.45, 2.75) is 0 Å². The molecule has 0 atom stereocenters. The summed E-state index contributed by atoms with van der Waals surface area (Å²) in [6.07, 6.45) is 0. The van der Waals surface area contributed by atoms with Gasteiger partial charge in [-0.3, -0.25) is 5.41 Å². The van der Waals surface area contributed by atoms with E-state index in [0.29, 0.717) is 5.69 Å². The first-order chi connectivity index (χ1) is 8.99. The minimum atomic E-state index is -0.817. The normalized spacial score (nSPS) is 10.2. The van der Waals surface area contributed by atoms with E-state index in [1.54, 1.807) is 0 Å². The lowest BCUT2D eigenvalue weighted by Gasteiger charge is -2.05. The molecule has 0 saturated heterocycles. The van der Waals surface area contributed by atoms with Gasteiger partial charge in [0.1, 0.15) is 5.82 Å². The van der Waals surface area contributed by atoms with E-state index in [2.05, 4.69) is 36.2 Å². The third-order valence-electron chi connectivity index (χ3n) is 2.07. The Morgan fingerprint density at radius 3 is 2.89 bits per heavy atom. The summed E-state index contributed by atoms with van der Waals surface area (Å²) in [4.78, 5) is 9.78. The van der Waals surface area contributed by atoms with Crippen LogP contribution in [0.25, 0.3) is 0 Å². The molecule has 2 rings (SSSR count). The number of nitrogens with zero attached hydrogens (tertiary/aromatic N) is 3. The number of hydrogen-bond donors (Lipinski definition) is 2. The summed E-state index contributed by atoms with van der Waals surface area (Å²) < 4.78 is 17.4. The minimum Gasteiger partial charge on any atom is -0.358 e. The zero-order valence-electron chi connectivity index (χ0n) is 9.05. The summed E-state index contributed by atoms with van der Waals surface area (Å²) in [7, 11) is 0. The van der Waals surface area contributed by atoms with E-state index in [4.69, 9.17) is 5.41 Å². The molecule has 0 radical (unpaired) electrons. The Bertz CT molecular complexity index is 659. The number of nitro groups is 1. The fraction of sp³-hybridized carbons (Fsp3) is 0. The van der Waals surface area contributed by atoms with Gasteiger partial charge < -0.3 is 15.4 Å². The molecule has 2 N–H and O–H groups in total. The lowest BCUT2D eigenvalue weighted by Crippen LogP contribution is -2.14. The second-order valence-corrected chi connectivity index (χ2v) is 4.18. The number of hydrogen-bond acceptors (Lipinski definition) is 6. The summed E-state index contributed by atoms with van der Waals surface area (Å²) in [5.74, 6) is -1.52. The molecule has 0 unspecified atom stereocenters. The van der Waals surface area contributed by atoms with E-state index in [-0.39, 0.29) is 16.0 Å². The van der Waals surface area contributed by atoms with Crippen molar-refractivity contribution in [1.82, 2.24) is 10.3 Å². The van der Waals surface area contributed by atoms with Gasteiger partial charge in [-0.1, -0.05) is 0 Å². The molecule has 0 aliphatic carbocycles. The van der Waals surface area contributed by atoms with Crippen molar-refractivity contribution in [2.24, 2.45) is 0 Å². The van der Waals surface area contributed by atoms with Crippen LogP contribution < -0.4 is 5.32 Å². The van der Waals surface area contributed by atoms with Gasteiger partial charge in [0.15, 0.2) is 11.0 Å². The molecule has 0 aliphatic rings. The maximum absolute atomic E-state index is 13.0. The first-order valence-electron chi connectivity index (χ1n) is 4.77. The first kappa shape index (κ1) is 13.1. The lowest BCUT2D eigenvalue weighted by atomic mass is 10.3. The van der Waals surface area contributed by atoms with Crippen LogP contribution >= 0.6 is 15.9 Å². The van der Waals surface area contributed by atoms with Gasteiger partial charge in [-0.25, -0.2) is 4.39 Å². The summed E-state index contributed by atoms with van der Waals surface area (Å²) in [6.45, 7) is 0. The molecule has 19 heavy (non-hydrogen) atoms. The second-order valence-electron chi connectivity index (χ2n) is 3.32. The number of nitrogens with one attached hydrogen (secondary N) is 2. The first-order valence-corrected chi connectivity index (χ1v) is 5.56. The average Bonchev–Trinajstić information content (AvgIpc) is 2.83. The Morgan fingerprint density at radius 2 is 2.26 bits per heavy atom. The molecule has 0 saturated carbocycles. The molecule has 10 heteroatoms. The highest BCUT2D eigenvalue weighted by atomic mass is 79.9. The van der Waals surface area contributed by atoms with Crippen molar-refractivity contribution in [2.75, 3.05) is 5.32 Å². The number of amidine groups is 1. The van der Waals surface area contributed by atoms with Crippen LogP contribution in [0.3, 0.4) is 0 Å². The van der Waals surface area contributed by atoms with E-state index in [1.807, 2.05) is 0 Å². The van der Waals surface area contributed by atoms with Crippen LogP contribution in [-0.2, 0) is 0 Å². The monoisotopic (exact) mass is 329 g/mol. The second kappa shape index (κ2) is 5.10. The van der Waals surface area contributed by atoms with Gasteiger partial charge in [0, 0.05) is 5.69 Å². The van der Waals surface area contributed by atoms with Crippen molar-refractivity contribution < 1.29 is 13.9 Å². The summed E-state index contributed by atoms with van der Waals surface area (Å²) in [5.41, 5.74) is 0.0148. The van der Waals surface area contributed by atoms with Crippen LogP contribution in [0.4, 0.5) is 15.9 Å². The molecule has 0 spiro atoms. The van der Waals surface area contributed by atoms with Gasteiger partial charge in [-0.05, 0) is 44.2 Å². The SMILES string of the molecule is N=C(Nc1ccc(F)c(Br)c1)c1nonc1[N+](=O)[O-]. The third-order valence-corrected chi connectivity index (χ3v) is 2.68. The highest BCUT2D eigenvalue weighted by Gasteiger charge is 2.26. The Kier molecular flexibility index (Phi) is 3.51. The molecule has 2 aromatic rings. The largest absolute Gasteiger partial charge is 0.445 e. The Morgan fingerprint density at radius 1 is 1.53 bits per heavy atom. The number of benzene rings is 1. The van der Waals surface area contributed by atoms with Crippen LogP contribution in [0.15, 0.2) is 27.3 Å². The Hall–Kier alpha value is -2.36. The molecule has 0 bridgehead atoms. The quantitative estimate of drug-likeness (QED) is 0.386.